The van der Waals surface area contributed by atoms with Crippen LogP contribution in [0.1, 0.15) is 30.2 Å². The van der Waals surface area contributed by atoms with Crippen molar-refractivity contribution in [3.63, 3.8) is 0 Å². The molecule has 0 bridgehead atoms. The molecule has 2 aromatic rings. The van der Waals surface area contributed by atoms with Crippen molar-refractivity contribution in [1.29, 1.82) is 0 Å². The fraction of sp³-hybridized carbons (Fsp3) is 0.417. The van der Waals surface area contributed by atoms with Crippen LogP contribution in [0.3, 0.4) is 0 Å². The van der Waals surface area contributed by atoms with Gasteiger partial charge in [0.2, 0.25) is 0 Å². The Labute approximate surface area is 95.1 Å². The van der Waals surface area contributed by atoms with Crippen LogP contribution in [0.25, 0.3) is 0 Å². The van der Waals surface area contributed by atoms with Gasteiger partial charge in [-0.05, 0) is 32.5 Å². The number of furan rings is 1. The number of aromatic nitrogens is 2. The fourth-order valence-electron chi connectivity index (χ4n) is 1.84. The van der Waals surface area contributed by atoms with Crippen molar-refractivity contribution in [2.24, 2.45) is 5.73 Å². The maximum atomic E-state index is 5.62. The molecule has 2 rings (SSSR count). The van der Waals surface area contributed by atoms with Crippen LogP contribution in [-0.4, -0.2) is 16.1 Å². The van der Waals surface area contributed by atoms with Crippen molar-refractivity contribution in [3.05, 3.63) is 41.9 Å². The van der Waals surface area contributed by atoms with Gasteiger partial charge in [-0.25, -0.2) is 4.98 Å². The molecule has 0 spiro atoms. The summed E-state index contributed by atoms with van der Waals surface area (Å²) in [7, 11) is 0. The summed E-state index contributed by atoms with van der Waals surface area (Å²) in [5, 5.41) is 0. The Morgan fingerprint density at radius 3 is 2.94 bits per heavy atom. The van der Waals surface area contributed by atoms with Gasteiger partial charge in [0, 0.05) is 18.3 Å². The molecule has 16 heavy (non-hydrogen) atoms. The second-order valence-corrected chi connectivity index (χ2v) is 3.96. The maximum absolute atomic E-state index is 5.62. The van der Waals surface area contributed by atoms with Crippen LogP contribution in [-0.2, 0) is 6.42 Å². The van der Waals surface area contributed by atoms with E-state index in [9.17, 15) is 0 Å². The van der Waals surface area contributed by atoms with Gasteiger partial charge in [-0.3, -0.25) is 0 Å². The first kappa shape index (κ1) is 11.0. The molecule has 0 saturated carbocycles. The van der Waals surface area contributed by atoms with E-state index < -0.39 is 0 Å². The summed E-state index contributed by atoms with van der Waals surface area (Å²) in [6, 6.07) is 4.15. The molecule has 0 radical (unpaired) electrons. The molecule has 0 amide bonds. The molecule has 1 unspecified atom stereocenters. The average Bonchev–Trinajstić information content (AvgIpc) is 2.87. The maximum Gasteiger partial charge on any atom is 0.126 e. The lowest BCUT2D eigenvalue weighted by Crippen LogP contribution is -2.12. The Morgan fingerprint density at radius 2 is 2.31 bits per heavy atom. The van der Waals surface area contributed by atoms with Gasteiger partial charge in [-0.1, -0.05) is 0 Å². The number of nitrogens with zero attached hydrogens (tertiary/aromatic N) is 2. The molecule has 0 aliphatic heterocycles. The minimum atomic E-state index is 0.165. The molecule has 2 aromatic heterocycles. The molecule has 0 fully saturated rings. The summed E-state index contributed by atoms with van der Waals surface area (Å²) in [6.45, 7) is 4.68. The van der Waals surface area contributed by atoms with Crippen molar-refractivity contribution in [2.45, 2.75) is 26.3 Å². The summed E-state index contributed by atoms with van der Waals surface area (Å²) < 4.78 is 7.72. The minimum absolute atomic E-state index is 0.165. The first-order chi connectivity index (χ1) is 7.72. The Hall–Kier alpha value is -1.55. The lowest BCUT2D eigenvalue weighted by molar-refractivity contribution is 0.424. The monoisotopic (exact) mass is 219 g/mol. The van der Waals surface area contributed by atoms with Gasteiger partial charge in [0.05, 0.1) is 12.4 Å². The van der Waals surface area contributed by atoms with Crippen LogP contribution in [0, 0.1) is 6.92 Å². The second-order valence-electron chi connectivity index (χ2n) is 3.96. The molecule has 2 N–H and O–H groups in total. The zero-order valence-corrected chi connectivity index (χ0v) is 9.68. The fourth-order valence-corrected chi connectivity index (χ4v) is 1.84. The largest absolute Gasteiger partial charge is 0.464 e. The molecule has 4 nitrogen and oxygen atoms in total. The molecular weight excluding hydrogens is 202 g/mol. The average molecular weight is 219 g/mol. The van der Waals surface area contributed by atoms with Crippen LogP contribution in [0.5, 0.6) is 0 Å². The van der Waals surface area contributed by atoms with Gasteiger partial charge < -0.3 is 14.7 Å². The van der Waals surface area contributed by atoms with Gasteiger partial charge in [0.1, 0.15) is 11.5 Å². The Morgan fingerprint density at radius 1 is 1.50 bits per heavy atom. The third kappa shape index (κ3) is 2.02. The van der Waals surface area contributed by atoms with E-state index in [2.05, 4.69) is 16.5 Å². The van der Waals surface area contributed by atoms with Crippen molar-refractivity contribution >= 4 is 0 Å². The molecule has 1 atom stereocenters. The van der Waals surface area contributed by atoms with Crippen molar-refractivity contribution in [1.82, 2.24) is 9.55 Å². The highest BCUT2D eigenvalue weighted by molar-refractivity contribution is 5.13. The number of hydrogen-bond acceptors (Lipinski definition) is 3. The van der Waals surface area contributed by atoms with Crippen molar-refractivity contribution in [3.8, 4) is 0 Å². The van der Waals surface area contributed by atoms with E-state index in [4.69, 9.17) is 10.2 Å². The zero-order valence-electron chi connectivity index (χ0n) is 9.68. The van der Waals surface area contributed by atoms with Crippen molar-refractivity contribution < 1.29 is 4.42 Å². The smallest absolute Gasteiger partial charge is 0.126 e. The summed E-state index contributed by atoms with van der Waals surface area (Å²) in [5.74, 6) is 1.89. The molecule has 0 aliphatic rings. The first-order valence-electron chi connectivity index (χ1n) is 5.49. The predicted octanol–water partition coefficient (Wildman–Crippen LogP) is 1.90. The normalized spacial score (nSPS) is 12.9. The predicted molar refractivity (Wildman–Crippen MR) is 62.2 cm³/mol. The molecular formula is C12H17N3O. The SMILES string of the molecule is Cc1ccc(C(C)n2cncc2CCN)o1. The number of rotatable bonds is 4. The molecule has 4 heteroatoms. The molecule has 0 aliphatic carbocycles. The molecule has 2 heterocycles. The Kier molecular flexibility index (Phi) is 3.10. The van der Waals surface area contributed by atoms with E-state index in [1.165, 1.54) is 0 Å². The quantitative estimate of drug-likeness (QED) is 0.854. The van der Waals surface area contributed by atoms with Gasteiger partial charge in [-0.15, -0.1) is 0 Å². The summed E-state index contributed by atoms with van der Waals surface area (Å²) in [5.41, 5.74) is 6.71. The van der Waals surface area contributed by atoms with E-state index in [0.29, 0.717) is 6.54 Å². The van der Waals surface area contributed by atoms with Gasteiger partial charge in [-0.2, -0.15) is 0 Å². The minimum Gasteiger partial charge on any atom is -0.464 e. The van der Waals surface area contributed by atoms with Crippen molar-refractivity contribution in [2.75, 3.05) is 6.54 Å². The third-order valence-electron chi connectivity index (χ3n) is 2.74. The Balaban J connectivity index is 2.26. The number of aryl methyl sites for hydroxylation is 1. The van der Waals surface area contributed by atoms with Crippen LogP contribution in [0.2, 0.25) is 0 Å². The van der Waals surface area contributed by atoms with Gasteiger partial charge in [0.25, 0.3) is 0 Å². The van der Waals surface area contributed by atoms with Crippen LogP contribution < -0.4 is 5.73 Å². The van der Waals surface area contributed by atoms with Gasteiger partial charge in [0.15, 0.2) is 0 Å². The van der Waals surface area contributed by atoms with Crippen LogP contribution >= 0.6 is 0 Å². The van der Waals surface area contributed by atoms with Gasteiger partial charge >= 0.3 is 0 Å². The summed E-state index contributed by atoms with van der Waals surface area (Å²) in [6.07, 6.45) is 4.52. The molecule has 0 aromatic carbocycles. The highest BCUT2D eigenvalue weighted by atomic mass is 16.3. The summed E-state index contributed by atoms with van der Waals surface area (Å²) in [4.78, 5) is 4.16. The topological polar surface area (TPSA) is 57.0 Å². The first-order valence-corrected chi connectivity index (χ1v) is 5.49. The molecule has 0 saturated heterocycles. The van der Waals surface area contributed by atoms with E-state index in [1.807, 2.05) is 31.6 Å². The highest BCUT2D eigenvalue weighted by Crippen LogP contribution is 2.21. The van der Waals surface area contributed by atoms with Crippen LogP contribution in [0.4, 0.5) is 0 Å². The highest BCUT2D eigenvalue weighted by Gasteiger charge is 2.14. The number of imidazole rings is 1. The van der Waals surface area contributed by atoms with E-state index in [-0.39, 0.29) is 6.04 Å². The summed E-state index contributed by atoms with van der Waals surface area (Å²) >= 11 is 0. The standard InChI is InChI=1S/C12H17N3O/c1-9-3-4-12(16-9)10(2)15-8-14-7-11(15)5-6-13/h3-4,7-8,10H,5-6,13H2,1-2H3. The second kappa shape index (κ2) is 4.53. The lowest BCUT2D eigenvalue weighted by Gasteiger charge is -2.13. The zero-order chi connectivity index (χ0) is 11.5. The Bertz CT molecular complexity index is 458. The third-order valence-corrected chi connectivity index (χ3v) is 2.74. The lowest BCUT2D eigenvalue weighted by atomic mass is 10.2. The van der Waals surface area contributed by atoms with E-state index in [0.717, 1.165) is 23.6 Å². The number of hydrogen-bond donors (Lipinski definition) is 1. The van der Waals surface area contributed by atoms with Crippen LogP contribution in [0.15, 0.2) is 29.1 Å². The molecule has 86 valence electrons. The number of nitrogens with two attached hydrogens (primary N) is 1. The van der Waals surface area contributed by atoms with E-state index >= 15 is 0 Å². The van der Waals surface area contributed by atoms with E-state index in [1.54, 1.807) is 0 Å².